The number of hydrogen-bond donors (Lipinski definition) is 0. The molecule has 0 saturated carbocycles. The fraction of sp³-hybridized carbons (Fsp3) is 0.562. The van der Waals surface area contributed by atoms with Crippen molar-refractivity contribution < 1.29 is 18.4 Å². The number of anilines is 1. The van der Waals surface area contributed by atoms with E-state index in [1.54, 1.807) is 25.7 Å². The van der Waals surface area contributed by atoms with Crippen molar-refractivity contribution in [2.75, 3.05) is 30.8 Å². The number of carbonyl (C=O) groups is 1. The topological polar surface area (TPSA) is 55.8 Å². The third-order valence-corrected chi connectivity index (χ3v) is 6.31. The molecule has 1 aromatic rings. The van der Waals surface area contributed by atoms with Crippen LogP contribution in [-0.4, -0.2) is 31.8 Å². The van der Waals surface area contributed by atoms with Gasteiger partial charge in [0.2, 0.25) is 5.91 Å². The molecule has 1 aliphatic rings. The fourth-order valence-corrected chi connectivity index (χ4v) is 5.27. The fourth-order valence-electron chi connectivity index (χ4n) is 3.10. The smallest absolute Gasteiger partial charge is 0.311 e. The summed E-state index contributed by atoms with van der Waals surface area (Å²) in [6.07, 6.45) is 0.266. The summed E-state index contributed by atoms with van der Waals surface area (Å²) in [5.74, 6) is -0.0150. The monoisotopic (exact) mass is 325 g/mol. The van der Waals surface area contributed by atoms with Crippen LogP contribution in [0.15, 0.2) is 24.3 Å². The largest absolute Gasteiger partial charge is 0.331 e. The van der Waals surface area contributed by atoms with Gasteiger partial charge in [0.05, 0.1) is 19.4 Å². The van der Waals surface area contributed by atoms with Crippen LogP contribution >= 0.6 is 7.60 Å². The van der Waals surface area contributed by atoms with Crippen molar-refractivity contribution in [1.82, 2.24) is 0 Å². The van der Waals surface area contributed by atoms with Crippen LogP contribution in [0.25, 0.3) is 0 Å². The molecule has 1 unspecified atom stereocenters. The van der Waals surface area contributed by atoms with Crippen molar-refractivity contribution >= 4 is 19.2 Å². The molecule has 22 heavy (non-hydrogen) atoms. The Balaban J connectivity index is 2.38. The molecule has 1 amide bonds. The van der Waals surface area contributed by atoms with Crippen LogP contribution in [-0.2, 0) is 23.8 Å². The number of amides is 1. The van der Waals surface area contributed by atoms with Crippen LogP contribution in [0, 0.1) is 0 Å². The Morgan fingerprint density at radius 2 is 1.86 bits per heavy atom. The lowest BCUT2D eigenvalue weighted by Gasteiger charge is -2.29. The zero-order chi connectivity index (χ0) is 16.4. The minimum absolute atomic E-state index is 0.0150. The summed E-state index contributed by atoms with van der Waals surface area (Å²) < 4.78 is 23.8. The van der Waals surface area contributed by atoms with Crippen LogP contribution in [0.2, 0.25) is 0 Å². The number of benzene rings is 1. The Morgan fingerprint density at radius 3 is 2.41 bits per heavy atom. The van der Waals surface area contributed by atoms with Crippen molar-refractivity contribution in [2.24, 2.45) is 0 Å². The molecule has 6 heteroatoms. The van der Waals surface area contributed by atoms with Gasteiger partial charge in [0.1, 0.15) is 0 Å². The zero-order valence-electron chi connectivity index (χ0n) is 13.7. The normalized spacial score (nSPS) is 21.0. The van der Waals surface area contributed by atoms with Crippen molar-refractivity contribution in [3.63, 3.8) is 0 Å². The quantitative estimate of drug-likeness (QED) is 0.750. The standard InChI is InChI=1S/C16H24NO4P/c1-5-20-22(19,21-6-2)12-16(4)11-17(13(3)18)15-10-8-7-9-14(15)16/h7-10H,5-6,11-12H2,1-4H3. The zero-order valence-corrected chi connectivity index (χ0v) is 14.6. The Hall–Kier alpha value is -1.16. The first-order chi connectivity index (χ1) is 10.4. The first kappa shape index (κ1) is 17.2. The SMILES string of the molecule is CCOP(=O)(CC1(C)CN(C(C)=O)c2ccccc21)OCC. The van der Waals surface area contributed by atoms with E-state index in [9.17, 15) is 9.36 Å². The number of para-hydroxylation sites is 1. The van der Waals surface area contributed by atoms with Crippen molar-refractivity contribution in [3.8, 4) is 0 Å². The average molecular weight is 325 g/mol. The lowest BCUT2D eigenvalue weighted by molar-refractivity contribution is -0.116. The van der Waals surface area contributed by atoms with Crippen LogP contribution in [0.1, 0.15) is 33.3 Å². The Bertz CT molecular complexity index is 594. The van der Waals surface area contributed by atoms with E-state index in [-0.39, 0.29) is 12.1 Å². The molecular weight excluding hydrogens is 301 g/mol. The molecule has 0 saturated heterocycles. The second-order valence-electron chi connectivity index (χ2n) is 5.79. The number of fused-ring (bicyclic) bond motifs is 1. The van der Waals surface area contributed by atoms with E-state index in [1.165, 1.54) is 0 Å². The van der Waals surface area contributed by atoms with Gasteiger partial charge in [-0.2, -0.15) is 0 Å². The van der Waals surface area contributed by atoms with Gasteiger partial charge in [0.15, 0.2) is 0 Å². The molecule has 1 heterocycles. The van der Waals surface area contributed by atoms with Gasteiger partial charge in [0.25, 0.3) is 0 Å². The molecule has 2 rings (SSSR count). The third-order valence-electron chi connectivity index (χ3n) is 3.93. The summed E-state index contributed by atoms with van der Waals surface area (Å²) in [6.45, 7) is 8.34. The van der Waals surface area contributed by atoms with Gasteiger partial charge in [-0.15, -0.1) is 0 Å². The summed E-state index contributed by atoms with van der Waals surface area (Å²) in [7, 11) is -3.18. The summed E-state index contributed by atoms with van der Waals surface area (Å²) >= 11 is 0. The van der Waals surface area contributed by atoms with Crippen LogP contribution in [0.3, 0.4) is 0 Å². The molecule has 0 N–H and O–H groups in total. The van der Waals surface area contributed by atoms with Gasteiger partial charge < -0.3 is 13.9 Å². The highest BCUT2D eigenvalue weighted by Gasteiger charge is 2.45. The van der Waals surface area contributed by atoms with Gasteiger partial charge in [-0.05, 0) is 25.5 Å². The maximum absolute atomic E-state index is 12.9. The van der Waals surface area contributed by atoms with E-state index in [0.717, 1.165) is 11.3 Å². The third kappa shape index (κ3) is 3.27. The highest BCUT2D eigenvalue weighted by molar-refractivity contribution is 7.53. The second-order valence-corrected chi connectivity index (χ2v) is 7.84. The lowest BCUT2D eigenvalue weighted by Crippen LogP contribution is -2.36. The van der Waals surface area contributed by atoms with E-state index in [4.69, 9.17) is 9.05 Å². The molecular formula is C16H24NO4P. The molecule has 0 aliphatic carbocycles. The van der Waals surface area contributed by atoms with Gasteiger partial charge in [-0.1, -0.05) is 25.1 Å². The highest BCUT2D eigenvalue weighted by atomic mass is 31.2. The van der Waals surface area contributed by atoms with E-state index in [0.29, 0.717) is 19.8 Å². The van der Waals surface area contributed by atoms with Gasteiger partial charge in [-0.3, -0.25) is 9.36 Å². The number of rotatable bonds is 6. The summed E-state index contributed by atoms with van der Waals surface area (Å²) in [5.41, 5.74) is 1.46. The van der Waals surface area contributed by atoms with Gasteiger partial charge in [0, 0.05) is 24.6 Å². The van der Waals surface area contributed by atoms with Crippen LogP contribution < -0.4 is 4.90 Å². The molecule has 0 fully saturated rings. The first-order valence-corrected chi connectivity index (χ1v) is 9.34. The Kier molecular flexibility index (Phi) is 5.10. The first-order valence-electron chi connectivity index (χ1n) is 7.61. The van der Waals surface area contributed by atoms with Crippen LogP contribution in [0.4, 0.5) is 5.69 Å². The summed E-state index contributed by atoms with van der Waals surface area (Å²) in [6, 6.07) is 7.76. The van der Waals surface area contributed by atoms with Crippen molar-refractivity contribution in [3.05, 3.63) is 29.8 Å². The van der Waals surface area contributed by atoms with Gasteiger partial charge in [-0.25, -0.2) is 0 Å². The maximum Gasteiger partial charge on any atom is 0.331 e. The van der Waals surface area contributed by atoms with Gasteiger partial charge >= 0.3 is 7.60 Å². The molecule has 5 nitrogen and oxygen atoms in total. The molecule has 122 valence electrons. The Labute approximate surface area is 132 Å². The molecule has 1 atom stereocenters. The lowest BCUT2D eigenvalue weighted by atomic mass is 9.87. The molecule has 0 aromatic heterocycles. The van der Waals surface area contributed by atoms with E-state index >= 15 is 0 Å². The predicted octanol–water partition coefficient (Wildman–Crippen LogP) is 3.58. The molecule has 1 aliphatic heterocycles. The van der Waals surface area contributed by atoms with E-state index < -0.39 is 13.0 Å². The van der Waals surface area contributed by atoms with Crippen molar-refractivity contribution in [1.29, 1.82) is 0 Å². The number of nitrogens with zero attached hydrogens (tertiary/aromatic N) is 1. The molecule has 0 spiro atoms. The minimum atomic E-state index is -3.18. The van der Waals surface area contributed by atoms with E-state index in [2.05, 4.69) is 0 Å². The Morgan fingerprint density at radius 1 is 1.27 bits per heavy atom. The van der Waals surface area contributed by atoms with Crippen molar-refractivity contribution in [2.45, 2.75) is 33.1 Å². The molecule has 0 radical (unpaired) electrons. The maximum atomic E-state index is 12.9. The summed E-state index contributed by atoms with van der Waals surface area (Å²) in [5, 5.41) is 0. The highest BCUT2D eigenvalue weighted by Crippen LogP contribution is 2.55. The van der Waals surface area contributed by atoms with Crippen LogP contribution in [0.5, 0.6) is 0 Å². The number of carbonyl (C=O) groups excluding carboxylic acids is 1. The van der Waals surface area contributed by atoms with E-state index in [1.807, 2.05) is 31.2 Å². The molecule has 0 bridgehead atoms. The minimum Gasteiger partial charge on any atom is -0.311 e. The average Bonchev–Trinajstić information content (AvgIpc) is 2.73. The molecule has 1 aromatic carbocycles. The second kappa shape index (κ2) is 6.53. The predicted molar refractivity (Wildman–Crippen MR) is 87.5 cm³/mol. The number of hydrogen-bond acceptors (Lipinski definition) is 4. The summed E-state index contributed by atoms with van der Waals surface area (Å²) in [4.78, 5) is 13.6.